The maximum Gasteiger partial charge on any atom is 0.245 e. The standard InChI is InChI=1S/C15H26N4O3/c1-5-6-17-8-13-18(10-20)16(4)9-14(21)19(13)12(15(17)22)7-11(2)3/h10-13H,5-9H2,1-4H3/t12-,13?/m0/s1. The van der Waals surface area contributed by atoms with E-state index in [1.165, 1.54) is 5.01 Å². The van der Waals surface area contributed by atoms with Gasteiger partial charge >= 0.3 is 0 Å². The fourth-order valence-electron chi connectivity index (χ4n) is 3.33. The molecule has 2 atom stereocenters. The number of nitrogens with zero attached hydrogens (tertiary/aromatic N) is 4. The summed E-state index contributed by atoms with van der Waals surface area (Å²) in [5.74, 6) is 0.226. The van der Waals surface area contributed by atoms with Gasteiger partial charge in [-0.25, -0.2) is 5.01 Å². The minimum absolute atomic E-state index is 0.00977. The molecule has 0 N–H and O–H groups in total. The van der Waals surface area contributed by atoms with Crippen molar-refractivity contribution in [1.29, 1.82) is 0 Å². The number of amides is 3. The average molecular weight is 310 g/mol. The molecule has 1 unspecified atom stereocenters. The Morgan fingerprint density at radius 3 is 2.55 bits per heavy atom. The topological polar surface area (TPSA) is 64.2 Å². The molecular formula is C15H26N4O3. The van der Waals surface area contributed by atoms with Gasteiger partial charge in [-0.15, -0.1) is 0 Å². The van der Waals surface area contributed by atoms with Gasteiger partial charge in [-0.1, -0.05) is 20.8 Å². The molecule has 0 radical (unpaired) electrons. The summed E-state index contributed by atoms with van der Waals surface area (Å²) in [6.45, 7) is 7.27. The highest BCUT2D eigenvalue weighted by Gasteiger charge is 2.48. The zero-order valence-corrected chi connectivity index (χ0v) is 13.9. The maximum atomic E-state index is 12.7. The number of carbonyl (C=O) groups is 3. The summed E-state index contributed by atoms with van der Waals surface area (Å²) in [7, 11) is 1.72. The van der Waals surface area contributed by atoms with E-state index in [2.05, 4.69) is 0 Å². The normalized spacial score (nSPS) is 26.7. The number of carbonyl (C=O) groups excluding carboxylic acids is 3. The van der Waals surface area contributed by atoms with Crippen molar-refractivity contribution in [1.82, 2.24) is 19.8 Å². The van der Waals surface area contributed by atoms with Gasteiger partial charge in [0.2, 0.25) is 18.2 Å². The Morgan fingerprint density at radius 1 is 1.32 bits per heavy atom. The number of rotatable bonds is 5. The molecule has 7 nitrogen and oxygen atoms in total. The molecule has 0 saturated carbocycles. The van der Waals surface area contributed by atoms with Crippen molar-refractivity contribution < 1.29 is 14.4 Å². The quantitative estimate of drug-likeness (QED) is 0.677. The summed E-state index contributed by atoms with van der Waals surface area (Å²) in [6.07, 6.45) is 1.84. The fraction of sp³-hybridized carbons (Fsp3) is 0.800. The first-order chi connectivity index (χ1) is 10.4. The van der Waals surface area contributed by atoms with Gasteiger partial charge in [-0.05, 0) is 18.8 Å². The molecule has 2 fully saturated rings. The molecule has 2 saturated heterocycles. The molecule has 0 aromatic heterocycles. The van der Waals surface area contributed by atoms with Crippen molar-refractivity contribution in [3.63, 3.8) is 0 Å². The summed E-state index contributed by atoms with van der Waals surface area (Å²) in [6, 6.07) is -0.464. The van der Waals surface area contributed by atoms with Crippen LogP contribution >= 0.6 is 0 Å². The predicted octanol–water partition coefficient (Wildman–Crippen LogP) is 0.127. The van der Waals surface area contributed by atoms with Crippen molar-refractivity contribution in [3.8, 4) is 0 Å². The molecule has 22 heavy (non-hydrogen) atoms. The minimum Gasteiger partial charge on any atom is -0.337 e. The van der Waals surface area contributed by atoms with Crippen LogP contribution in [0.5, 0.6) is 0 Å². The van der Waals surface area contributed by atoms with Crippen LogP contribution in [0, 0.1) is 5.92 Å². The van der Waals surface area contributed by atoms with E-state index in [4.69, 9.17) is 0 Å². The van der Waals surface area contributed by atoms with Crippen molar-refractivity contribution >= 4 is 18.2 Å². The van der Waals surface area contributed by atoms with Crippen LogP contribution in [0.2, 0.25) is 0 Å². The monoisotopic (exact) mass is 310 g/mol. The molecule has 7 heteroatoms. The van der Waals surface area contributed by atoms with E-state index in [0.29, 0.717) is 25.4 Å². The highest BCUT2D eigenvalue weighted by Crippen LogP contribution is 2.27. The van der Waals surface area contributed by atoms with E-state index >= 15 is 0 Å². The SMILES string of the molecule is CCCN1CC2N(C(=O)CN(C)N2C=O)[C@@H](CC(C)C)C1=O. The van der Waals surface area contributed by atoms with Gasteiger partial charge in [0.25, 0.3) is 0 Å². The van der Waals surface area contributed by atoms with Crippen LogP contribution < -0.4 is 0 Å². The van der Waals surface area contributed by atoms with Crippen LogP contribution in [-0.2, 0) is 14.4 Å². The Bertz CT molecular complexity index is 454. The lowest BCUT2D eigenvalue weighted by Crippen LogP contribution is -2.74. The zero-order valence-electron chi connectivity index (χ0n) is 13.9. The van der Waals surface area contributed by atoms with Crippen LogP contribution in [0.1, 0.15) is 33.6 Å². The van der Waals surface area contributed by atoms with E-state index in [1.54, 1.807) is 21.9 Å². The molecule has 0 aromatic carbocycles. The third-order valence-electron chi connectivity index (χ3n) is 4.29. The molecule has 3 amide bonds. The fourth-order valence-corrected chi connectivity index (χ4v) is 3.33. The van der Waals surface area contributed by atoms with Gasteiger partial charge in [0.1, 0.15) is 12.2 Å². The largest absolute Gasteiger partial charge is 0.337 e. The first-order valence-electron chi connectivity index (χ1n) is 7.95. The Hall–Kier alpha value is -1.63. The second kappa shape index (κ2) is 6.64. The summed E-state index contributed by atoms with van der Waals surface area (Å²) in [5.41, 5.74) is 0. The number of hydrogen-bond acceptors (Lipinski definition) is 4. The Morgan fingerprint density at radius 2 is 2.00 bits per heavy atom. The minimum atomic E-state index is -0.464. The molecule has 0 aliphatic carbocycles. The van der Waals surface area contributed by atoms with Crippen LogP contribution in [0.25, 0.3) is 0 Å². The van der Waals surface area contributed by atoms with E-state index in [1.807, 2.05) is 20.8 Å². The second-order valence-electron chi connectivity index (χ2n) is 6.51. The number of fused-ring (bicyclic) bond motifs is 1. The molecule has 0 bridgehead atoms. The predicted molar refractivity (Wildman–Crippen MR) is 81.3 cm³/mol. The van der Waals surface area contributed by atoms with Crippen molar-refractivity contribution in [3.05, 3.63) is 0 Å². The molecule has 124 valence electrons. The van der Waals surface area contributed by atoms with Gasteiger partial charge < -0.3 is 9.80 Å². The number of piperazine rings is 1. The van der Waals surface area contributed by atoms with Gasteiger partial charge in [0, 0.05) is 13.6 Å². The summed E-state index contributed by atoms with van der Waals surface area (Å²) in [5, 5.41) is 3.16. The number of hydrazine groups is 1. The van der Waals surface area contributed by atoms with Crippen molar-refractivity contribution in [2.75, 3.05) is 26.7 Å². The summed E-state index contributed by atoms with van der Waals surface area (Å²) < 4.78 is 0. The molecule has 2 aliphatic heterocycles. The molecule has 2 heterocycles. The number of hydrogen-bond donors (Lipinski definition) is 0. The van der Waals surface area contributed by atoms with Gasteiger partial charge in [-0.2, -0.15) is 0 Å². The third-order valence-corrected chi connectivity index (χ3v) is 4.29. The van der Waals surface area contributed by atoms with Crippen molar-refractivity contribution in [2.45, 2.75) is 45.8 Å². The van der Waals surface area contributed by atoms with Crippen molar-refractivity contribution in [2.24, 2.45) is 5.92 Å². The third kappa shape index (κ3) is 2.95. The molecule has 2 rings (SSSR count). The van der Waals surface area contributed by atoms with Gasteiger partial charge in [-0.3, -0.25) is 19.4 Å². The number of likely N-dealkylation sites (N-methyl/N-ethyl adjacent to an activating group) is 1. The van der Waals surface area contributed by atoms with Crippen LogP contribution in [0.15, 0.2) is 0 Å². The maximum absolute atomic E-state index is 12.7. The second-order valence-corrected chi connectivity index (χ2v) is 6.51. The van der Waals surface area contributed by atoms with E-state index in [9.17, 15) is 14.4 Å². The first-order valence-corrected chi connectivity index (χ1v) is 7.95. The lowest BCUT2D eigenvalue weighted by molar-refractivity contribution is -0.197. The molecule has 2 aliphatic rings. The van der Waals surface area contributed by atoms with Gasteiger partial charge in [0.15, 0.2) is 0 Å². The zero-order chi connectivity index (χ0) is 16.4. The van der Waals surface area contributed by atoms with Crippen LogP contribution in [0.4, 0.5) is 0 Å². The molecule has 0 aromatic rings. The highest BCUT2D eigenvalue weighted by atomic mass is 16.2. The van der Waals surface area contributed by atoms with E-state index in [0.717, 1.165) is 12.8 Å². The molecule has 0 spiro atoms. The molecular weight excluding hydrogens is 284 g/mol. The lowest BCUT2D eigenvalue weighted by atomic mass is 9.97. The van der Waals surface area contributed by atoms with E-state index < -0.39 is 12.2 Å². The Kier molecular flexibility index (Phi) is 5.05. The lowest BCUT2D eigenvalue weighted by Gasteiger charge is -2.53. The smallest absolute Gasteiger partial charge is 0.245 e. The Balaban J connectivity index is 2.35. The Labute approximate surface area is 131 Å². The van der Waals surface area contributed by atoms with Crippen LogP contribution in [-0.4, -0.2) is 76.9 Å². The van der Waals surface area contributed by atoms with Gasteiger partial charge in [0.05, 0.1) is 13.1 Å². The van der Waals surface area contributed by atoms with E-state index in [-0.39, 0.29) is 18.4 Å². The summed E-state index contributed by atoms with van der Waals surface area (Å²) >= 11 is 0. The summed E-state index contributed by atoms with van der Waals surface area (Å²) in [4.78, 5) is 40.1. The van der Waals surface area contributed by atoms with Crippen LogP contribution in [0.3, 0.4) is 0 Å². The average Bonchev–Trinajstić information content (AvgIpc) is 2.43. The highest BCUT2D eigenvalue weighted by molar-refractivity contribution is 5.90. The first kappa shape index (κ1) is 16.7.